The summed E-state index contributed by atoms with van der Waals surface area (Å²) in [6.45, 7) is 1.72. The van der Waals surface area contributed by atoms with Gasteiger partial charge in [-0.25, -0.2) is 10.5 Å². The molecule has 2 rings (SSSR count). The van der Waals surface area contributed by atoms with Gasteiger partial charge in [0.05, 0.1) is 12.8 Å². The van der Waals surface area contributed by atoms with Gasteiger partial charge in [-0.3, -0.25) is 15.0 Å². The maximum absolute atomic E-state index is 11.7. The molecule has 20 heavy (non-hydrogen) atoms. The van der Waals surface area contributed by atoms with Crippen LogP contribution in [0, 0.1) is 6.92 Å². The summed E-state index contributed by atoms with van der Waals surface area (Å²) in [6.07, 6.45) is 0. The Bertz CT molecular complexity index is 709. The molecular weight excluding hydrogens is 260 g/mol. The van der Waals surface area contributed by atoms with Crippen molar-refractivity contribution in [3.63, 3.8) is 0 Å². The summed E-state index contributed by atoms with van der Waals surface area (Å²) < 4.78 is 6.62. The molecule has 104 valence electrons. The number of hydrogen-bond acceptors (Lipinski definition) is 5. The third kappa shape index (κ3) is 2.52. The van der Waals surface area contributed by atoms with Crippen LogP contribution in [0.5, 0.6) is 5.75 Å². The number of methoxy groups -OCH3 is 1. The highest BCUT2D eigenvalue weighted by molar-refractivity contribution is 5.91. The molecule has 0 saturated heterocycles. The fourth-order valence-electron chi connectivity index (χ4n) is 1.78. The van der Waals surface area contributed by atoms with Gasteiger partial charge in [0.2, 0.25) is 5.43 Å². The molecule has 0 aliphatic carbocycles. The Balaban J connectivity index is 2.61. The van der Waals surface area contributed by atoms with Crippen molar-refractivity contribution in [1.82, 2.24) is 15.2 Å². The van der Waals surface area contributed by atoms with Crippen LogP contribution in [0.2, 0.25) is 0 Å². The summed E-state index contributed by atoms with van der Waals surface area (Å²) >= 11 is 0. The Morgan fingerprint density at radius 3 is 2.80 bits per heavy atom. The highest BCUT2D eigenvalue weighted by atomic mass is 16.5. The van der Waals surface area contributed by atoms with Gasteiger partial charge in [0.25, 0.3) is 5.91 Å². The number of ether oxygens (including phenoxy) is 1. The van der Waals surface area contributed by atoms with Gasteiger partial charge in [-0.1, -0.05) is 6.07 Å². The van der Waals surface area contributed by atoms with Gasteiger partial charge in [0.15, 0.2) is 5.69 Å². The maximum Gasteiger partial charge on any atom is 0.289 e. The minimum absolute atomic E-state index is 0.263. The van der Waals surface area contributed by atoms with E-state index >= 15 is 0 Å². The predicted octanol–water partition coefficient (Wildman–Crippen LogP) is 0.153. The summed E-state index contributed by atoms with van der Waals surface area (Å²) in [5.74, 6) is 4.95. The van der Waals surface area contributed by atoms with Crippen LogP contribution in [0.25, 0.3) is 5.69 Å². The number of aryl methyl sites for hydroxylation is 1. The zero-order chi connectivity index (χ0) is 14.7. The molecule has 0 bridgehead atoms. The lowest BCUT2D eigenvalue weighted by molar-refractivity contribution is 0.0945. The molecular formula is C13H14N4O3. The summed E-state index contributed by atoms with van der Waals surface area (Å²) in [6, 6.07) is 8.44. The Labute approximate surface area is 114 Å². The van der Waals surface area contributed by atoms with Crippen molar-refractivity contribution in [3.8, 4) is 11.4 Å². The largest absolute Gasteiger partial charge is 0.497 e. The third-order valence-corrected chi connectivity index (χ3v) is 2.75. The molecule has 0 aliphatic rings. The third-order valence-electron chi connectivity index (χ3n) is 2.75. The number of nitrogens with zero attached hydrogens (tertiary/aromatic N) is 2. The number of rotatable bonds is 3. The Hall–Kier alpha value is -2.67. The van der Waals surface area contributed by atoms with Crippen molar-refractivity contribution in [3.05, 3.63) is 51.9 Å². The number of hydrogen-bond donors (Lipinski definition) is 2. The second-order valence-electron chi connectivity index (χ2n) is 4.09. The monoisotopic (exact) mass is 274 g/mol. The van der Waals surface area contributed by atoms with Crippen LogP contribution in [-0.2, 0) is 0 Å². The number of benzene rings is 1. The average Bonchev–Trinajstić information content (AvgIpc) is 2.46. The molecule has 0 unspecified atom stereocenters. The molecule has 0 fully saturated rings. The number of hydrazine groups is 1. The fraction of sp³-hybridized carbons (Fsp3) is 0.154. The van der Waals surface area contributed by atoms with E-state index in [1.807, 2.05) is 5.43 Å². The van der Waals surface area contributed by atoms with Crippen molar-refractivity contribution in [1.29, 1.82) is 0 Å². The van der Waals surface area contributed by atoms with Crippen LogP contribution < -0.4 is 21.4 Å². The van der Waals surface area contributed by atoms with E-state index < -0.39 is 11.3 Å². The standard InChI is InChI=1S/C13H14N4O3/c1-8-6-11(18)12(13(19)15-14)16-17(8)9-4-3-5-10(7-9)20-2/h3-7H,14H2,1-2H3,(H,15,19). The van der Waals surface area contributed by atoms with Crippen LogP contribution in [0.4, 0.5) is 0 Å². The maximum atomic E-state index is 11.7. The van der Waals surface area contributed by atoms with E-state index in [-0.39, 0.29) is 5.69 Å². The predicted molar refractivity (Wildman–Crippen MR) is 72.8 cm³/mol. The van der Waals surface area contributed by atoms with Crippen molar-refractivity contribution >= 4 is 5.91 Å². The lowest BCUT2D eigenvalue weighted by Crippen LogP contribution is -2.36. The van der Waals surface area contributed by atoms with Crippen LogP contribution in [0.15, 0.2) is 35.1 Å². The van der Waals surface area contributed by atoms with Crippen LogP contribution >= 0.6 is 0 Å². The first kappa shape index (κ1) is 13.8. The number of carbonyl (C=O) groups excluding carboxylic acids is 1. The first-order chi connectivity index (χ1) is 9.56. The van der Waals surface area contributed by atoms with Gasteiger partial charge in [-0.15, -0.1) is 0 Å². The average molecular weight is 274 g/mol. The molecule has 7 heteroatoms. The summed E-state index contributed by atoms with van der Waals surface area (Å²) in [4.78, 5) is 23.2. The molecule has 1 heterocycles. The molecule has 7 nitrogen and oxygen atoms in total. The van der Waals surface area contributed by atoms with Crippen LogP contribution in [0.1, 0.15) is 16.2 Å². The smallest absolute Gasteiger partial charge is 0.289 e. The van der Waals surface area contributed by atoms with Crippen molar-refractivity contribution in [2.75, 3.05) is 7.11 Å². The summed E-state index contributed by atoms with van der Waals surface area (Å²) in [7, 11) is 1.55. The minimum Gasteiger partial charge on any atom is -0.497 e. The molecule has 2 aromatic rings. The molecule has 0 radical (unpaired) electrons. The number of aromatic nitrogens is 2. The van der Waals surface area contributed by atoms with Gasteiger partial charge < -0.3 is 4.74 Å². The fourth-order valence-corrected chi connectivity index (χ4v) is 1.78. The SMILES string of the molecule is COc1cccc(-n2nc(C(=O)NN)c(=O)cc2C)c1. The molecule has 1 aromatic heterocycles. The number of carbonyl (C=O) groups is 1. The van der Waals surface area contributed by atoms with E-state index in [1.54, 1.807) is 38.3 Å². The van der Waals surface area contributed by atoms with Crippen molar-refractivity contribution < 1.29 is 9.53 Å². The first-order valence-electron chi connectivity index (χ1n) is 5.83. The van der Waals surface area contributed by atoms with Crippen molar-refractivity contribution in [2.24, 2.45) is 5.84 Å². The lowest BCUT2D eigenvalue weighted by atomic mass is 10.2. The molecule has 0 saturated carbocycles. The minimum atomic E-state index is -0.730. The van der Waals surface area contributed by atoms with E-state index in [4.69, 9.17) is 10.6 Å². The second-order valence-corrected chi connectivity index (χ2v) is 4.09. The normalized spacial score (nSPS) is 10.2. The van der Waals surface area contributed by atoms with E-state index in [0.29, 0.717) is 17.1 Å². The Morgan fingerprint density at radius 1 is 1.40 bits per heavy atom. The van der Waals surface area contributed by atoms with E-state index in [9.17, 15) is 9.59 Å². The van der Waals surface area contributed by atoms with Gasteiger partial charge in [0, 0.05) is 17.8 Å². The number of nitrogens with two attached hydrogens (primary N) is 1. The van der Waals surface area contributed by atoms with Gasteiger partial charge in [-0.05, 0) is 19.1 Å². The first-order valence-corrected chi connectivity index (χ1v) is 5.83. The molecule has 1 aromatic carbocycles. The molecule has 0 atom stereocenters. The van der Waals surface area contributed by atoms with Gasteiger partial charge >= 0.3 is 0 Å². The summed E-state index contributed by atoms with van der Waals surface area (Å²) in [5.41, 5.74) is 2.43. The Kier molecular flexibility index (Phi) is 3.81. The van der Waals surface area contributed by atoms with E-state index in [1.165, 1.54) is 10.7 Å². The Morgan fingerprint density at radius 2 is 2.15 bits per heavy atom. The number of nitrogen functional groups attached to an aromatic ring is 1. The van der Waals surface area contributed by atoms with Gasteiger partial charge in [-0.2, -0.15) is 5.10 Å². The quantitative estimate of drug-likeness (QED) is 0.471. The van der Waals surface area contributed by atoms with Crippen LogP contribution in [0.3, 0.4) is 0 Å². The molecule has 0 aliphatic heterocycles. The zero-order valence-electron chi connectivity index (χ0n) is 11.1. The number of nitrogens with one attached hydrogen (secondary N) is 1. The van der Waals surface area contributed by atoms with Crippen molar-refractivity contribution in [2.45, 2.75) is 6.92 Å². The highest BCUT2D eigenvalue weighted by Gasteiger charge is 2.14. The molecule has 3 N–H and O–H groups in total. The second kappa shape index (κ2) is 5.54. The zero-order valence-corrected chi connectivity index (χ0v) is 11.1. The highest BCUT2D eigenvalue weighted by Crippen LogP contribution is 2.16. The van der Waals surface area contributed by atoms with Crippen LogP contribution in [-0.4, -0.2) is 22.8 Å². The topological polar surface area (TPSA) is 99.2 Å². The summed E-state index contributed by atoms with van der Waals surface area (Å²) in [5, 5.41) is 4.04. The van der Waals surface area contributed by atoms with E-state index in [2.05, 4.69) is 5.10 Å². The number of amides is 1. The molecule has 1 amide bonds. The van der Waals surface area contributed by atoms with Gasteiger partial charge in [0.1, 0.15) is 5.75 Å². The molecule has 0 spiro atoms. The van der Waals surface area contributed by atoms with E-state index in [0.717, 1.165) is 0 Å². The lowest BCUT2D eigenvalue weighted by Gasteiger charge is -2.11.